The number of unbranched alkanes of at least 4 members (excludes halogenated alkanes) is 18. The van der Waals surface area contributed by atoms with Crippen LogP contribution in [-0.2, 0) is 0 Å². The number of nitrogens with one attached hydrogen (secondary N) is 3. The maximum Gasteiger partial charge on any atom is 0.251 e. The molecular weight excluding hydrogens is 564 g/mol. The second kappa shape index (κ2) is 28.9. The van der Waals surface area contributed by atoms with Crippen LogP contribution >= 0.6 is 0 Å². The predicted octanol–water partition coefficient (Wildman–Crippen LogP) is 5.94. The van der Waals surface area contributed by atoms with Crippen molar-refractivity contribution in [3.8, 4) is 0 Å². The van der Waals surface area contributed by atoms with Gasteiger partial charge >= 0.3 is 0 Å². The Kier molecular flexibility index (Phi) is 26.1. The number of amides is 3. The summed E-state index contributed by atoms with van der Waals surface area (Å²) in [7, 11) is 0. The quantitative estimate of drug-likeness (QED) is 0.0575. The van der Waals surface area contributed by atoms with Gasteiger partial charge in [-0.1, -0.05) is 96.3 Å². The zero-order chi connectivity index (χ0) is 32.8. The van der Waals surface area contributed by atoms with Crippen molar-refractivity contribution in [2.75, 3.05) is 39.3 Å². The zero-order valence-electron chi connectivity index (χ0n) is 28.3. The van der Waals surface area contributed by atoms with Gasteiger partial charge < -0.3 is 33.2 Å². The molecule has 45 heavy (non-hydrogen) atoms. The van der Waals surface area contributed by atoms with Crippen molar-refractivity contribution in [3.63, 3.8) is 0 Å². The van der Waals surface area contributed by atoms with Crippen LogP contribution in [0.15, 0.2) is 18.2 Å². The van der Waals surface area contributed by atoms with E-state index in [2.05, 4.69) is 16.0 Å². The number of rotatable bonds is 30. The largest absolute Gasteiger partial charge is 0.352 e. The Morgan fingerprint density at radius 2 is 0.556 bits per heavy atom. The summed E-state index contributed by atoms with van der Waals surface area (Å²) in [6.07, 6.45) is 23.2. The fraction of sp³-hybridized carbons (Fsp3) is 0.750. The van der Waals surface area contributed by atoms with Crippen molar-refractivity contribution in [3.05, 3.63) is 34.9 Å². The Hall–Kier alpha value is -2.49. The minimum absolute atomic E-state index is 0.258. The monoisotopic (exact) mass is 631 g/mol. The first-order valence-corrected chi connectivity index (χ1v) is 18.1. The summed E-state index contributed by atoms with van der Waals surface area (Å²) in [5.41, 5.74) is 17.7. The smallest absolute Gasteiger partial charge is 0.251 e. The van der Waals surface area contributed by atoms with Crippen LogP contribution in [0.2, 0.25) is 0 Å². The average Bonchev–Trinajstić information content (AvgIpc) is 3.05. The fourth-order valence-corrected chi connectivity index (χ4v) is 5.39. The summed E-state index contributed by atoms with van der Waals surface area (Å²) >= 11 is 0. The van der Waals surface area contributed by atoms with Crippen molar-refractivity contribution in [1.29, 1.82) is 0 Å². The van der Waals surface area contributed by atoms with Gasteiger partial charge in [0.15, 0.2) is 0 Å². The van der Waals surface area contributed by atoms with Crippen LogP contribution in [0.3, 0.4) is 0 Å². The van der Waals surface area contributed by atoms with Crippen LogP contribution in [0.25, 0.3) is 0 Å². The molecule has 0 aliphatic rings. The Labute approximate surface area is 274 Å². The normalized spacial score (nSPS) is 11.0. The van der Waals surface area contributed by atoms with Crippen LogP contribution < -0.4 is 33.2 Å². The lowest BCUT2D eigenvalue weighted by atomic mass is 10.0. The first-order chi connectivity index (χ1) is 22.0. The van der Waals surface area contributed by atoms with Gasteiger partial charge in [-0.25, -0.2) is 0 Å². The summed E-state index contributed by atoms with van der Waals surface area (Å²) in [5.74, 6) is -0.775. The highest BCUT2D eigenvalue weighted by Crippen LogP contribution is 2.13. The minimum Gasteiger partial charge on any atom is -0.352 e. The van der Waals surface area contributed by atoms with Crippen molar-refractivity contribution in [2.45, 2.75) is 135 Å². The minimum atomic E-state index is -0.258. The zero-order valence-corrected chi connectivity index (χ0v) is 28.3. The molecule has 0 radical (unpaired) electrons. The molecule has 0 heterocycles. The summed E-state index contributed by atoms with van der Waals surface area (Å²) in [6.45, 7) is 3.97. The van der Waals surface area contributed by atoms with E-state index < -0.39 is 0 Å². The lowest BCUT2D eigenvalue weighted by Gasteiger charge is -2.12. The molecule has 9 nitrogen and oxygen atoms in total. The van der Waals surface area contributed by atoms with E-state index >= 15 is 0 Å². The van der Waals surface area contributed by atoms with Crippen molar-refractivity contribution in [2.24, 2.45) is 17.2 Å². The highest BCUT2D eigenvalue weighted by atomic mass is 16.2. The highest BCUT2D eigenvalue weighted by molar-refractivity contribution is 6.04. The van der Waals surface area contributed by atoms with E-state index in [1.165, 1.54) is 57.8 Å². The van der Waals surface area contributed by atoms with Crippen molar-refractivity contribution < 1.29 is 14.4 Å². The van der Waals surface area contributed by atoms with Crippen LogP contribution in [0.5, 0.6) is 0 Å². The third-order valence-electron chi connectivity index (χ3n) is 8.22. The third kappa shape index (κ3) is 21.8. The molecule has 9 heteroatoms. The van der Waals surface area contributed by atoms with Gasteiger partial charge in [0.25, 0.3) is 17.7 Å². The molecule has 1 aromatic rings. The number of hydrogen-bond acceptors (Lipinski definition) is 6. The third-order valence-corrected chi connectivity index (χ3v) is 8.22. The van der Waals surface area contributed by atoms with Crippen LogP contribution in [0, 0.1) is 0 Å². The number of carbonyl (C=O) groups excluding carboxylic acids is 3. The summed E-state index contributed by atoms with van der Waals surface area (Å²) in [4.78, 5) is 39.2. The molecule has 1 aromatic carbocycles. The standard InChI is InChI=1S/C36H66N6O3/c37-22-16-10-4-1-7-13-19-25-40-34(43)31-28-32(35(44)41-26-20-14-8-2-5-11-17-23-38)30-33(29-31)36(45)42-27-21-15-9-3-6-12-18-24-39/h28-30H,1-27,37-39H2,(H,40,43)(H,41,44)(H,42,45). The van der Waals surface area contributed by atoms with Crippen LogP contribution in [0.4, 0.5) is 0 Å². The Morgan fingerprint density at radius 1 is 0.356 bits per heavy atom. The molecule has 0 unspecified atom stereocenters. The van der Waals surface area contributed by atoms with Crippen LogP contribution in [0.1, 0.15) is 166 Å². The molecule has 0 saturated heterocycles. The van der Waals surface area contributed by atoms with E-state index in [1.54, 1.807) is 18.2 Å². The number of carbonyl (C=O) groups is 3. The molecule has 3 amide bonds. The maximum atomic E-state index is 13.1. The summed E-state index contributed by atoms with van der Waals surface area (Å²) in [5, 5.41) is 8.94. The van der Waals surface area contributed by atoms with Crippen molar-refractivity contribution >= 4 is 17.7 Å². The van der Waals surface area contributed by atoms with E-state index in [-0.39, 0.29) is 17.7 Å². The average molecular weight is 631 g/mol. The number of nitrogens with two attached hydrogens (primary N) is 3. The van der Waals surface area contributed by atoms with Gasteiger partial charge in [0.1, 0.15) is 0 Å². The molecule has 0 aliphatic heterocycles. The SMILES string of the molecule is NCCCCCCCCCNC(=O)c1cc(C(=O)NCCCCCCCCCN)cc(C(=O)NCCCCCCCCCN)c1. The van der Waals surface area contributed by atoms with E-state index in [1.807, 2.05) is 0 Å². The molecule has 0 fully saturated rings. The van der Waals surface area contributed by atoms with Gasteiger partial charge in [-0.3, -0.25) is 14.4 Å². The second-order valence-electron chi connectivity index (χ2n) is 12.4. The Bertz CT molecular complexity index is 784. The second-order valence-corrected chi connectivity index (χ2v) is 12.4. The first kappa shape index (κ1) is 40.5. The molecule has 1 rings (SSSR count). The van der Waals surface area contributed by atoms with E-state index in [0.29, 0.717) is 36.3 Å². The molecule has 0 aromatic heterocycles. The van der Waals surface area contributed by atoms with Gasteiger partial charge in [-0.15, -0.1) is 0 Å². The Balaban J connectivity index is 2.63. The number of benzene rings is 1. The van der Waals surface area contributed by atoms with Gasteiger partial charge in [0.05, 0.1) is 0 Å². The Morgan fingerprint density at radius 3 is 0.778 bits per heavy atom. The number of hydrogen-bond donors (Lipinski definition) is 6. The van der Waals surface area contributed by atoms with Crippen molar-refractivity contribution in [1.82, 2.24) is 16.0 Å². The molecule has 0 spiro atoms. The fourth-order valence-electron chi connectivity index (χ4n) is 5.39. The maximum absolute atomic E-state index is 13.1. The molecular formula is C36H66N6O3. The van der Waals surface area contributed by atoms with Crippen LogP contribution in [-0.4, -0.2) is 57.0 Å². The molecule has 0 saturated carbocycles. The molecule has 0 aliphatic carbocycles. The van der Waals surface area contributed by atoms with E-state index in [9.17, 15) is 14.4 Å². The highest BCUT2D eigenvalue weighted by Gasteiger charge is 2.16. The molecule has 0 atom stereocenters. The summed E-state index contributed by atoms with van der Waals surface area (Å²) < 4.78 is 0. The topological polar surface area (TPSA) is 165 Å². The molecule has 258 valence electrons. The summed E-state index contributed by atoms with van der Waals surface area (Å²) in [6, 6.07) is 4.79. The van der Waals surface area contributed by atoms with E-state index in [0.717, 1.165) is 96.7 Å². The van der Waals surface area contributed by atoms with Gasteiger partial charge in [0, 0.05) is 36.3 Å². The lowest BCUT2D eigenvalue weighted by Crippen LogP contribution is -2.29. The first-order valence-electron chi connectivity index (χ1n) is 18.1. The van der Waals surface area contributed by atoms with E-state index in [4.69, 9.17) is 17.2 Å². The molecule has 0 bridgehead atoms. The van der Waals surface area contributed by atoms with Gasteiger partial charge in [0.2, 0.25) is 0 Å². The van der Waals surface area contributed by atoms with Gasteiger partial charge in [-0.05, 0) is 76.4 Å². The van der Waals surface area contributed by atoms with Gasteiger partial charge in [-0.2, -0.15) is 0 Å². The lowest BCUT2D eigenvalue weighted by molar-refractivity contribution is 0.0952. The molecule has 9 N–H and O–H groups in total. The predicted molar refractivity (Wildman–Crippen MR) is 188 cm³/mol.